The van der Waals surface area contributed by atoms with E-state index in [4.69, 9.17) is 4.52 Å². The molecule has 2 heterocycles. The third kappa shape index (κ3) is 1.50. The summed E-state index contributed by atoms with van der Waals surface area (Å²) in [6.07, 6.45) is 3.99. The van der Waals surface area contributed by atoms with E-state index in [1.807, 2.05) is 6.07 Å². The van der Waals surface area contributed by atoms with Crippen LogP contribution in [0.2, 0.25) is 0 Å². The molecule has 0 radical (unpaired) electrons. The number of nitrogens with one attached hydrogen (secondary N) is 1. The summed E-state index contributed by atoms with van der Waals surface area (Å²) in [6, 6.07) is 2.40. The molecule has 92 valence electrons. The van der Waals surface area contributed by atoms with Crippen LogP contribution >= 0.6 is 11.3 Å². The maximum Gasteiger partial charge on any atom is 0.273 e. The van der Waals surface area contributed by atoms with Crippen molar-refractivity contribution in [2.75, 3.05) is 0 Å². The molecule has 0 spiro atoms. The number of nitrogens with zero attached hydrogens (tertiary/aromatic N) is 1. The second-order valence-corrected chi connectivity index (χ2v) is 5.84. The first kappa shape index (κ1) is 10.3. The SMILES string of the molecule is O=C(NC1CC1)c1noc2c1CCc1sccc1-2. The van der Waals surface area contributed by atoms with E-state index < -0.39 is 0 Å². The maximum absolute atomic E-state index is 12.0. The smallest absolute Gasteiger partial charge is 0.273 e. The summed E-state index contributed by atoms with van der Waals surface area (Å²) in [5, 5.41) is 9.00. The molecule has 4 rings (SSSR count). The summed E-state index contributed by atoms with van der Waals surface area (Å²) in [7, 11) is 0. The van der Waals surface area contributed by atoms with Crippen molar-refractivity contribution in [3.05, 3.63) is 27.6 Å². The fourth-order valence-electron chi connectivity index (χ4n) is 2.39. The molecule has 18 heavy (non-hydrogen) atoms. The van der Waals surface area contributed by atoms with E-state index in [9.17, 15) is 4.79 Å². The molecule has 2 aromatic rings. The Bertz CT molecular complexity index is 625. The van der Waals surface area contributed by atoms with E-state index >= 15 is 0 Å². The molecule has 2 aromatic heterocycles. The standard InChI is InChI=1S/C13H12N2O2S/c16-13(14-7-1-2-7)11-9-3-4-10-8(5-6-18-10)12(9)17-15-11/h5-7H,1-4H2,(H,14,16). The van der Waals surface area contributed by atoms with Crippen molar-refractivity contribution < 1.29 is 9.32 Å². The summed E-state index contributed by atoms with van der Waals surface area (Å²) >= 11 is 1.74. The zero-order valence-corrected chi connectivity index (χ0v) is 10.5. The van der Waals surface area contributed by atoms with Crippen LogP contribution in [0, 0.1) is 0 Å². The van der Waals surface area contributed by atoms with Crippen LogP contribution in [0.15, 0.2) is 16.0 Å². The van der Waals surface area contributed by atoms with Gasteiger partial charge in [-0.05, 0) is 37.1 Å². The van der Waals surface area contributed by atoms with Crippen LogP contribution in [0.4, 0.5) is 0 Å². The number of hydrogen-bond donors (Lipinski definition) is 1. The first-order valence-corrected chi connectivity index (χ1v) is 7.07. The Morgan fingerprint density at radius 2 is 2.33 bits per heavy atom. The molecule has 0 bridgehead atoms. The van der Waals surface area contributed by atoms with Crippen LogP contribution in [-0.2, 0) is 12.8 Å². The van der Waals surface area contributed by atoms with Gasteiger partial charge in [-0.25, -0.2) is 0 Å². The second-order valence-electron chi connectivity index (χ2n) is 4.84. The molecule has 4 nitrogen and oxygen atoms in total. The van der Waals surface area contributed by atoms with Crippen LogP contribution in [0.1, 0.15) is 33.8 Å². The molecule has 1 amide bonds. The van der Waals surface area contributed by atoms with Crippen LogP contribution in [0.3, 0.4) is 0 Å². The molecule has 1 fully saturated rings. The third-order valence-corrected chi connectivity index (χ3v) is 4.49. The molecule has 2 aliphatic rings. The topological polar surface area (TPSA) is 55.1 Å². The minimum Gasteiger partial charge on any atom is -0.355 e. The molecular formula is C13H12N2O2S. The van der Waals surface area contributed by atoms with Gasteiger partial charge in [0.15, 0.2) is 11.5 Å². The summed E-state index contributed by atoms with van der Waals surface area (Å²) in [5.41, 5.74) is 2.56. The molecule has 0 aromatic carbocycles. The van der Waals surface area contributed by atoms with Gasteiger partial charge >= 0.3 is 0 Å². The number of carbonyl (C=O) groups excluding carboxylic acids is 1. The van der Waals surface area contributed by atoms with Crippen LogP contribution < -0.4 is 5.32 Å². The van der Waals surface area contributed by atoms with E-state index in [1.165, 1.54) is 4.88 Å². The Morgan fingerprint density at radius 1 is 1.44 bits per heavy atom. The zero-order chi connectivity index (χ0) is 12.1. The Kier molecular flexibility index (Phi) is 2.11. The highest BCUT2D eigenvalue weighted by Gasteiger charge is 2.31. The van der Waals surface area contributed by atoms with Crippen molar-refractivity contribution in [2.24, 2.45) is 0 Å². The number of fused-ring (bicyclic) bond motifs is 3. The fraction of sp³-hybridized carbons (Fsp3) is 0.385. The minimum absolute atomic E-state index is 0.0822. The number of aromatic nitrogens is 1. The van der Waals surface area contributed by atoms with E-state index in [-0.39, 0.29) is 5.91 Å². The first-order valence-electron chi connectivity index (χ1n) is 6.19. The Hall–Kier alpha value is -1.62. The van der Waals surface area contributed by atoms with Gasteiger partial charge in [-0.3, -0.25) is 4.79 Å². The predicted molar refractivity (Wildman–Crippen MR) is 67.7 cm³/mol. The summed E-state index contributed by atoms with van der Waals surface area (Å²) in [6.45, 7) is 0. The van der Waals surface area contributed by atoms with E-state index in [0.29, 0.717) is 11.7 Å². The molecule has 5 heteroatoms. The largest absolute Gasteiger partial charge is 0.355 e. The molecule has 0 aliphatic heterocycles. The van der Waals surface area contributed by atoms with E-state index in [0.717, 1.165) is 42.6 Å². The molecule has 2 aliphatic carbocycles. The maximum atomic E-state index is 12.0. The molecule has 0 atom stereocenters. The van der Waals surface area contributed by atoms with Crippen molar-refractivity contribution in [1.29, 1.82) is 0 Å². The van der Waals surface area contributed by atoms with Crippen molar-refractivity contribution in [2.45, 2.75) is 31.7 Å². The number of aryl methyl sites for hydroxylation is 1. The lowest BCUT2D eigenvalue weighted by Gasteiger charge is -2.10. The van der Waals surface area contributed by atoms with Crippen molar-refractivity contribution in [3.8, 4) is 11.3 Å². The van der Waals surface area contributed by atoms with Gasteiger partial charge in [-0.15, -0.1) is 11.3 Å². The Labute approximate surface area is 108 Å². The van der Waals surface area contributed by atoms with Gasteiger partial charge in [-0.2, -0.15) is 0 Å². The number of rotatable bonds is 2. The van der Waals surface area contributed by atoms with Gasteiger partial charge in [0.05, 0.1) is 0 Å². The van der Waals surface area contributed by atoms with E-state index in [1.54, 1.807) is 11.3 Å². The van der Waals surface area contributed by atoms with Crippen LogP contribution in [0.5, 0.6) is 0 Å². The lowest BCUT2D eigenvalue weighted by molar-refractivity contribution is 0.0941. The van der Waals surface area contributed by atoms with Crippen LogP contribution in [-0.4, -0.2) is 17.1 Å². The number of hydrogen-bond acceptors (Lipinski definition) is 4. The lowest BCUT2D eigenvalue weighted by atomic mass is 9.95. The minimum atomic E-state index is -0.0822. The van der Waals surface area contributed by atoms with Gasteiger partial charge in [0.25, 0.3) is 5.91 Å². The highest BCUT2D eigenvalue weighted by atomic mass is 32.1. The first-order chi connectivity index (χ1) is 8.83. The van der Waals surface area contributed by atoms with Crippen molar-refractivity contribution >= 4 is 17.2 Å². The van der Waals surface area contributed by atoms with Crippen LogP contribution in [0.25, 0.3) is 11.3 Å². The fourth-order valence-corrected chi connectivity index (χ4v) is 3.26. The molecule has 1 N–H and O–H groups in total. The lowest BCUT2D eigenvalue weighted by Crippen LogP contribution is -2.26. The van der Waals surface area contributed by atoms with Gasteiger partial charge in [0.1, 0.15) is 0 Å². The Balaban J connectivity index is 1.73. The Morgan fingerprint density at radius 3 is 3.17 bits per heavy atom. The highest BCUT2D eigenvalue weighted by Crippen LogP contribution is 2.38. The summed E-state index contributed by atoms with van der Waals surface area (Å²) < 4.78 is 5.39. The quantitative estimate of drug-likeness (QED) is 0.902. The number of amides is 1. The molecular weight excluding hydrogens is 248 g/mol. The number of carbonyl (C=O) groups is 1. The average molecular weight is 260 g/mol. The average Bonchev–Trinajstić information content (AvgIpc) is 2.93. The van der Waals surface area contributed by atoms with Gasteiger partial charge < -0.3 is 9.84 Å². The van der Waals surface area contributed by atoms with Gasteiger partial charge in [0.2, 0.25) is 0 Å². The predicted octanol–water partition coefficient (Wildman–Crippen LogP) is 2.39. The monoisotopic (exact) mass is 260 g/mol. The van der Waals surface area contributed by atoms with Gasteiger partial charge in [-0.1, -0.05) is 5.16 Å². The molecule has 0 saturated heterocycles. The van der Waals surface area contributed by atoms with Gasteiger partial charge in [0, 0.05) is 22.0 Å². The molecule has 0 unspecified atom stereocenters. The highest BCUT2D eigenvalue weighted by molar-refractivity contribution is 7.10. The third-order valence-electron chi connectivity index (χ3n) is 3.51. The molecule has 1 saturated carbocycles. The summed E-state index contributed by atoms with van der Waals surface area (Å²) in [4.78, 5) is 13.4. The normalized spacial score (nSPS) is 17.1. The van der Waals surface area contributed by atoms with Crippen molar-refractivity contribution in [1.82, 2.24) is 10.5 Å². The zero-order valence-electron chi connectivity index (χ0n) is 9.73. The van der Waals surface area contributed by atoms with E-state index in [2.05, 4.69) is 15.9 Å². The number of thiophene rings is 1. The second kappa shape index (κ2) is 3.68. The summed E-state index contributed by atoms with van der Waals surface area (Å²) in [5.74, 6) is 0.708. The van der Waals surface area contributed by atoms with Crippen molar-refractivity contribution in [3.63, 3.8) is 0 Å².